The van der Waals surface area contributed by atoms with E-state index in [0.717, 1.165) is 6.07 Å². The standard InChI is InChI=1S/C17H18F3NO/c1-21-12-11-16(13-5-3-2-4-6-13)22-15-9-7-14(8-10-15)17(18,19)20/h2-10,16,21H,11-12H2,1H3/i3D,5D,7D,9D,16D. The van der Waals surface area contributed by atoms with Gasteiger partial charge in [-0.2, -0.15) is 13.2 Å². The third kappa shape index (κ3) is 4.49. The molecule has 0 spiro atoms. The number of alkyl halides is 3. The molecule has 0 aliphatic carbocycles. The van der Waals surface area contributed by atoms with Crippen molar-refractivity contribution in [2.24, 2.45) is 0 Å². The Morgan fingerprint density at radius 1 is 1.23 bits per heavy atom. The lowest BCUT2D eigenvalue weighted by Crippen LogP contribution is -2.16. The normalized spacial score (nSPS) is 17.5. The van der Waals surface area contributed by atoms with Crippen molar-refractivity contribution >= 4 is 0 Å². The van der Waals surface area contributed by atoms with E-state index < -0.39 is 29.9 Å². The summed E-state index contributed by atoms with van der Waals surface area (Å²) in [5, 5.41) is 2.83. The summed E-state index contributed by atoms with van der Waals surface area (Å²) in [7, 11) is 1.64. The monoisotopic (exact) mass is 314 g/mol. The zero-order chi connectivity index (χ0) is 20.4. The highest BCUT2D eigenvalue weighted by atomic mass is 19.4. The summed E-state index contributed by atoms with van der Waals surface area (Å²) in [6, 6.07) is 3.61. The SMILES string of the molecule is [2H]c1cccc(C([2H])(CCNC)Oc2ccc(C(F)(F)F)c([2H])c2[2H])c1[2H]. The van der Waals surface area contributed by atoms with E-state index in [9.17, 15) is 13.2 Å². The molecule has 2 aromatic carbocycles. The van der Waals surface area contributed by atoms with Crippen LogP contribution < -0.4 is 10.1 Å². The van der Waals surface area contributed by atoms with Crippen molar-refractivity contribution in [1.29, 1.82) is 0 Å². The molecule has 0 aliphatic heterocycles. The Morgan fingerprint density at radius 3 is 2.77 bits per heavy atom. The number of benzene rings is 2. The third-order valence-corrected chi connectivity index (χ3v) is 2.81. The molecule has 0 heterocycles. The highest BCUT2D eigenvalue weighted by Crippen LogP contribution is 2.31. The molecule has 2 aromatic rings. The number of nitrogens with one attached hydrogen (secondary N) is 1. The maximum atomic E-state index is 12.9. The minimum absolute atomic E-state index is 0.00658. The molecule has 0 saturated heterocycles. The van der Waals surface area contributed by atoms with Crippen LogP contribution in [0.1, 0.15) is 30.5 Å². The van der Waals surface area contributed by atoms with Crippen molar-refractivity contribution in [3.05, 3.63) is 65.6 Å². The van der Waals surface area contributed by atoms with E-state index in [2.05, 4.69) is 5.32 Å². The lowest BCUT2D eigenvalue weighted by Gasteiger charge is -2.20. The molecule has 2 nitrogen and oxygen atoms in total. The van der Waals surface area contributed by atoms with Crippen LogP contribution in [0, 0.1) is 0 Å². The maximum Gasteiger partial charge on any atom is 0.416 e. The first-order valence-corrected chi connectivity index (χ1v) is 6.59. The topological polar surface area (TPSA) is 21.3 Å². The average molecular weight is 314 g/mol. The van der Waals surface area contributed by atoms with Gasteiger partial charge in [-0.1, -0.05) is 30.3 Å². The highest BCUT2D eigenvalue weighted by Gasteiger charge is 2.30. The van der Waals surface area contributed by atoms with Gasteiger partial charge in [-0.15, -0.1) is 0 Å². The molecule has 22 heavy (non-hydrogen) atoms. The molecule has 0 aromatic heterocycles. The molecule has 1 atom stereocenters. The molecule has 118 valence electrons. The second-order valence-corrected chi connectivity index (χ2v) is 4.45. The van der Waals surface area contributed by atoms with Gasteiger partial charge in [0.25, 0.3) is 0 Å². The predicted octanol–water partition coefficient (Wildman–Crippen LogP) is 4.44. The Balaban J connectivity index is 2.51. The summed E-state index contributed by atoms with van der Waals surface area (Å²) in [5.41, 5.74) is -1.21. The molecule has 5 heteroatoms. The lowest BCUT2D eigenvalue weighted by atomic mass is 10.1. The summed E-state index contributed by atoms with van der Waals surface area (Å²) in [6.07, 6.45) is -6.69. The molecular weight excluding hydrogens is 291 g/mol. The number of halogens is 3. The average Bonchev–Trinajstić information content (AvgIpc) is 2.58. The lowest BCUT2D eigenvalue weighted by molar-refractivity contribution is -0.137. The Bertz CT molecular complexity index is 831. The van der Waals surface area contributed by atoms with Crippen LogP contribution >= 0.6 is 0 Å². The van der Waals surface area contributed by atoms with E-state index in [4.69, 9.17) is 11.6 Å². The smallest absolute Gasteiger partial charge is 0.416 e. The quantitative estimate of drug-likeness (QED) is 0.851. The fourth-order valence-electron chi connectivity index (χ4n) is 1.72. The first kappa shape index (κ1) is 10.7. The maximum absolute atomic E-state index is 12.9. The van der Waals surface area contributed by atoms with E-state index in [1.807, 2.05) is 0 Å². The van der Waals surface area contributed by atoms with E-state index >= 15 is 0 Å². The van der Waals surface area contributed by atoms with Gasteiger partial charge in [0.05, 0.1) is 12.4 Å². The molecule has 0 amide bonds. The first-order valence-electron chi connectivity index (χ1n) is 9.09. The molecule has 1 N–H and O–H groups in total. The van der Waals surface area contributed by atoms with Crippen molar-refractivity contribution < 1.29 is 24.8 Å². The first-order chi connectivity index (χ1) is 12.5. The van der Waals surface area contributed by atoms with Crippen molar-refractivity contribution in [2.75, 3.05) is 13.6 Å². The molecular formula is C17H18F3NO. The van der Waals surface area contributed by atoms with Gasteiger partial charge in [-0.3, -0.25) is 0 Å². The summed E-state index contributed by atoms with van der Waals surface area (Å²) in [4.78, 5) is 0. The minimum Gasteiger partial charge on any atom is -0.486 e. The van der Waals surface area contributed by atoms with Crippen molar-refractivity contribution in [2.45, 2.75) is 18.7 Å². The number of rotatable bonds is 6. The van der Waals surface area contributed by atoms with Crippen LogP contribution in [0.5, 0.6) is 5.75 Å². The van der Waals surface area contributed by atoms with E-state index in [0.29, 0.717) is 6.07 Å². The zero-order valence-electron chi connectivity index (χ0n) is 16.8. The number of ether oxygens (including phenoxy) is 1. The molecule has 0 fully saturated rings. The van der Waals surface area contributed by atoms with E-state index in [-0.39, 0.29) is 36.4 Å². The second-order valence-electron chi connectivity index (χ2n) is 4.45. The molecule has 0 aliphatic rings. The van der Waals surface area contributed by atoms with E-state index in [1.165, 1.54) is 18.2 Å². The van der Waals surface area contributed by atoms with Crippen molar-refractivity contribution in [1.82, 2.24) is 5.32 Å². The molecule has 2 rings (SSSR count). The van der Waals surface area contributed by atoms with Crippen LogP contribution in [0.25, 0.3) is 0 Å². The number of hydrogen-bond acceptors (Lipinski definition) is 2. The Labute approximate surface area is 134 Å². The largest absolute Gasteiger partial charge is 0.486 e. The van der Waals surface area contributed by atoms with Gasteiger partial charge >= 0.3 is 6.18 Å². The van der Waals surface area contributed by atoms with Gasteiger partial charge in [-0.05, 0) is 43.4 Å². The summed E-state index contributed by atoms with van der Waals surface area (Å²) < 4.78 is 84.1. The Hall–Kier alpha value is -2.01. The van der Waals surface area contributed by atoms with E-state index in [1.54, 1.807) is 7.05 Å². The van der Waals surface area contributed by atoms with Crippen LogP contribution in [-0.4, -0.2) is 13.6 Å². The Kier molecular flexibility index (Phi) is 3.55. The van der Waals surface area contributed by atoms with Crippen LogP contribution in [0.4, 0.5) is 13.2 Å². The van der Waals surface area contributed by atoms with Gasteiger partial charge in [-0.25, -0.2) is 0 Å². The van der Waals surface area contributed by atoms with Crippen LogP contribution in [0.15, 0.2) is 54.5 Å². The fraction of sp³-hybridized carbons (Fsp3) is 0.294. The highest BCUT2D eigenvalue weighted by molar-refractivity contribution is 5.30. The third-order valence-electron chi connectivity index (χ3n) is 2.81. The van der Waals surface area contributed by atoms with Crippen LogP contribution in [0.2, 0.25) is 0 Å². The van der Waals surface area contributed by atoms with Crippen LogP contribution in [-0.2, 0) is 6.18 Å². The fourth-order valence-corrected chi connectivity index (χ4v) is 1.72. The zero-order valence-corrected chi connectivity index (χ0v) is 11.8. The summed E-state index contributed by atoms with van der Waals surface area (Å²) in [6.45, 7) is 0.285. The molecule has 0 radical (unpaired) electrons. The summed E-state index contributed by atoms with van der Waals surface area (Å²) in [5.74, 6) is -0.367. The van der Waals surface area contributed by atoms with Crippen LogP contribution in [0.3, 0.4) is 0 Å². The Morgan fingerprint density at radius 2 is 2.05 bits per heavy atom. The number of hydrogen-bond donors (Lipinski definition) is 1. The molecule has 0 saturated carbocycles. The van der Waals surface area contributed by atoms with Gasteiger partial charge < -0.3 is 10.1 Å². The summed E-state index contributed by atoms with van der Waals surface area (Å²) >= 11 is 0. The van der Waals surface area contributed by atoms with Gasteiger partial charge in [0.1, 0.15) is 11.8 Å². The van der Waals surface area contributed by atoms with Gasteiger partial charge in [0, 0.05) is 6.42 Å². The van der Waals surface area contributed by atoms with Crippen molar-refractivity contribution in [3.63, 3.8) is 0 Å². The van der Waals surface area contributed by atoms with Crippen molar-refractivity contribution in [3.8, 4) is 5.75 Å². The second kappa shape index (κ2) is 7.31. The molecule has 0 bridgehead atoms. The molecule has 1 unspecified atom stereocenters. The predicted molar refractivity (Wildman–Crippen MR) is 79.8 cm³/mol. The van der Waals surface area contributed by atoms with Gasteiger partial charge in [0.15, 0.2) is 0 Å². The minimum atomic E-state index is -4.77. The van der Waals surface area contributed by atoms with Gasteiger partial charge in [0.2, 0.25) is 0 Å².